The first kappa shape index (κ1) is 19.2. The molecule has 0 bridgehead atoms. The third-order valence-corrected chi connectivity index (χ3v) is 5.76. The van der Waals surface area contributed by atoms with Gasteiger partial charge in [-0.2, -0.15) is 13.2 Å². The molecule has 29 heavy (non-hydrogen) atoms. The Morgan fingerprint density at radius 1 is 1.17 bits per heavy atom. The predicted octanol–water partition coefficient (Wildman–Crippen LogP) is 5.61. The Labute approximate surface area is 167 Å². The lowest BCUT2D eigenvalue weighted by Crippen LogP contribution is -2.05. The van der Waals surface area contributed by atoms with E-state index < -0.39 is 17.7 Å². The maximum Gasteiger partial charge on any atom is 0.416 e. The summed E-state index contributed by atoms with van der Waals surface area (Å²) >= 11 is 1.47. The molecule has 2 aromatic heterocycles. The molecular formula is C21H15F3N2O2S. The lowest BCUT2D eigenvalue weighted by Gasteiger charge is -2.08. The molecule has 4 nitrogen and oxygen atoms in total. The number of carboxylic acids is 1. The van der Waals surface area contributed by atoms with E-state index >= 15 is 0 Å². The smallest absolute Gasteiger partial charge is 0.416 e. The summed E-state index contributed by atoms with van der Waals surface area (Å²) in [5.41, 5.74) is 1.26. The Bertz CT molecular complexity index is 1220. The molecule has 0 atom stereocenters. The van der Waals surface area contributed by atoms with Gasteiger partial charge in [0.1, 0.15) is 0 Å². The molecule has 0 aliphatic heterocycles. The van der Waals surface area contributed by atoms with Crippen molar-refractivity contribution in [1.29, 1.82) is 0 Å². The number of carbonyl (C=O) groups is 1. The quantitative estimate of drug-likeness (QED) is 0.471. The van der Waals surface area contributed by atoms with E-state index in [1.165, 1.54) is 28.0 Å². The second kappa shape index (κ2) is 7.04. The summed E-state index contributed by atoms with van der Waals surface area (Å²) in [4.78, 5) is 16.4. The minimum Gasteiger partial charge on any atom is -0.475 e. The van der Waals surface area contributed by atoms with Crippen molar-refractivity contribution >= 4 is 27.4 Å². The molecule has 8 heteroatoms. The van der Waals surface area contributed by atoms with Gasteiger partial charge in [-0.05, 0) is 23.1 Å². The van der Waals surface area contributed by atoms with E-state index in [9.17, 15) is 23.1 Å². The molecule has 0 amide bonds. The summed E-state index contributed by atoms with van der Waals surface area (Å²) in [6.07, 6.45) is -2.33. The van der Waals surface area contributed by atoms with Gasteiger partial charge in [0, 0.05) is 34.8 Å². The Kier molecular flexibility index (Phi) is 4.66. The van der Waals surface area contributed by atoms with Crippen LogP contribution in [0.2, 0.25) is 0 Å². The molecule has 0 spiro atoms. The molecule has 2 aromatic carbocycles. The number of nitrogens with zero attached hydrogens (tertiary/aromatic N) is 2. The van der Waals surface area contributed by atoms with Crippen LogP contribution in [-0.4, -0.2) is 20.6 Å². The van der Waals surface area contributed by atoms with E-state index in [0.717, 1.165) is 26.6 Å². The summed E-state index contributed by atoms with van der Waals surface area (Å²) in [5, 5.41) is 10.2. The average molecular weight is 416 g/mol. The monoisotopic (exact) mass is 416 g/mol. The fraction of sp³-hybridized carbons (Fsp3) is 0.143. The molecule has 0 saturated carbocycles. The second-order valence-corrected chi connectivity index (χ2v) is 7.81. The number of thiophene rings is 1. The molecule has 0 aliphatic carbocycles. The zero-order valence-corrected chi connectivity index (χ0v) is 16.0. The van der Waals surface area contributed by atoms with Crippen LogP contribution in [0.5, 0.6) is 0 Å². The number of alkyl halides is 3. The first-order valence-corrected chi connectivity index (χ1v) is 9.48. The van der Waals surface area contributed by atoms with Gasteiger partial charge in [-0.1, -0.05) is 36.4 Å². The third-order valence-electron chi connectivity index (χ3n) is 4.57. The van der Waals surface area contributed by atoms with Gasteiger partial charge in [0.25, 0.3) is 0 Å². The number of hydrogen-bond acceptors (Lipinski definition) is 3. The highest BCUT2D eigenvalue weighted by Gasteiger charge is 2.30. The van der Waals surface area contributed by atoms with Crippen LogP contribution in [-0.2, 0) is 19.6 Å². The largest absolute Gasteiger partial charge is 0.475 e. The van der Waals surface area contributed by atoms with Crippen LogP contribution in [0, 0.1) is 0 Å². The molecule has 2 heterocycles. The van der Waals surface area contributed by atoms with E-state index in [-0.39, 0.29) is 5.82 Å². The van der Waals surface area contributed by atoms with Gasteiger partial charge in [0.05, 0.1) is 11.3 Å². The topological polar surface area (TPSA) is 55.1 Å². The summed E-state index contributed by atoms with van der Waals surface area (Å²) in [7, 11) is 1.62. The molecule has 0 unspecified atom stereocenters. The summed E-state index contributed by atoms with van der Waals surface area (Å²) in [6.45, 7) is 0. The number of aromatic carboxylic acids is 1. The fourth-order valence-electron chi connectivity index (χ4n) is 3.26. The van der Waals surface area contributed by atoms with Crippen molar-refractivity contribution in [3.63, 3.8) is 0 Å². The number of halogens is 3. The average Bonchev–Trinajstić information content (AvgIpc) is 3.23. The minimum atomic E-state index is -4.37. The highest BCUT2D eigenvalue weighted by molar-refractivity contribution is 7.19. The van der Waals surface area contributed by atoms with Crippen LogP contribution in [0.1, 0.15) is 26.6 Å². The van der Waals surface area contributed by atoms with Gasteiger partial charge >= 0.3 is 12.1 Å². The number of imidazole rings is 1. The van der Waals surface area contributed by atoms with Gasteiger partial charge in [0.2, 0.25) is 5.82 Å². The van der Waals surface area contributed by atoms with Crippen LogP contribution in [0.15, 0.2) is 54.7 Å². The van der Waals surface area contributed by atoms with Crippen molar-refractivity contribution in [3.05, 3.63) is 76.6 Å². The number of fused-ring (bicyclic) bond motifs is 1. The summed E-state index contributed by atoms with van der Waals surface area (Å²) < 4.78 is 41.2. The van der Waals surface area contributed by atoms with Crippen LogP contribution in [0.4, 0.5) is 13.2 Å². The van der Waals surface area contributed by atoms with Crippen molar-refractivity contribution in [2.45, 2.75) is 12.6 Å². The normalized spacial score (nSPS) is 11.9. The molecule has 0 aliphatic rings. The van der Waals surface area contributed by atoms with Crippen LogP contribution < -0.4 is 0 Å². The zero-order valence-electron chi connectivity index (χ0n) is 15.2. The van der Waals surface area contributed by atoms with Gasteiger partial charge in [-0.3, -0.25) is 0 Å². The number of benzene rings is 2. The highest BCUT2D eigenvalue weighted by atomic mass is 32.1. The number of carboxylic acid groups (broad SMARTS) is 1. The van der Waals surface area contributed by atoms with E-state index in [2.05, 4.69) is 4.98 Å². The number of aryl methyl sites for hydroxylation is 1. The Hall–Kier alpha value is -3.13. The zero-order chi connectivity index (χ0) is 20.8. The number of aromatic nitrogens is 2. The second-order valence-electron chi connectivity index (χ2n) is 6.68. The lowest BCUT2D eigenvalue weighted by atomic mass is 10.1. The highest BCUT2D eigenvalue weighted by Crippen LogP contribution is 2.36. The Balaban J connectivity index is 1.72. The van der Waals surface area contributed by atoms with Gasteiger partial charge in [-0.25, -0.2) is 9.78 Å². The molecular weight excluding hydrogens is 401 g/mol. The third kappa shape index (κ3) is 3.75. The molecule has 0 radical (unpaired) electrons. The summed E-state index contributed by atoms with van der Waals surface area (Å²) in [5.74, 6) is -1.17. The molecule has 0 saturated heterocycles. The van der Waals surface area contributed by atoms with Crippen molar-refractivity contribution in [2.24, 2.45) is 7.05 Å². The predicted molar refractivity (Wildman–Crippen MR) is 105 cm³/mol. The standard InChI is InChI=1S/C21H15F3N2O2S/c1-26-11-17(25-19(26)20(27)28)16-7-3-5-13-10-15(29-18(13)16)9-12-4-2-6-14(8-12)21(22,23)24/h2-8,10-11H,9H2,1H3,(H,27,28). The molecule has 148 valence electrons. The molecule has 1 N–H and O–H groups in total. The Morgan fingerprint density at radius 2 is 1.93 bits per heavy atom. The molecule has 0 fully saturated rings. The molecule has 4 aromatic rings. The fourth-order valence-corrected chi connectivity index (χ4v) is 4.47. The van der Waals surface area contributed by atoms with Gasteiger partial charge in [0.15, 0.2) is 0 Å². The number of hydrogen-bond donors (Lipinski definition) is 1. The van der Waals surface area contributed by atoms with Crippen molar-refractivity contribution in [1.82, 2.24) is 9.55 Å². The van der Waals surface area contributed by atoms with Crippen LogP contribution >= 0.6 is 11.3 Å². The van der Waals surface area contributed by atoms with E-state index in [1.54, 1.807) is 19.3 Å². The van der Waals surface area contributed by atoms with E-state index in [1.807, 2.05) is 24.3 Å². The maximum atomic E-state index is 13.0. The van der Waals surface area contributed by atoms with Crippen LogP contribution in [0.25, 0.3) is 21.3 Å². The van der Waals surface area contributed by atoms with E-state index in [4.69, 9.17) is 0 Å². The van der Waals surface area contributed by atoms with Crippen molar-refractivity contribution in [2.75, 3.05) is 0 Å². The minimum absolute atomic E-state index is 0.0576. The lowest BCUT2D eigenvalue weighted by molar-refractivity contribution is -0.137. The van der Waals surface area contributed by atoms with Crippen LogP contribution in [0.3, 0.4) is 0 Å². The first-order valence-electron chi connectivity index (χ1n) is 8.67. The van der Waals surface area contributed by atoms with E-state index in [0.29, 0.717) is 17.7 Å². The maximum absolute atomic E-state index is 13.0. The molecule has 4 rings (SSSR count). The number of rotatable bonds is 4. The van der Waals surface area contributed by atoms with Gasteiger partial charge in [-0.15, -0.1) is 11.3 Å². The van der Waals surface area contributed by atoms with Crippen molar-refractivity contribution in [3.8, 4) is 11.3 Å². The Morgan fingerprint density at radius 3 is 2.62 bits per heavy atom. The van der Waals surface area contributed by atoms with Crippen molar-refractivity contribution < 1.29 is 23.1 Å². The SMILES string of the molecule is Cn1cc(-c2cccc3cc(Cc4cccc(C(F)(F)F)c4)sc23)nc1C(=O)O. The van der Waals surface area contributed by atoms with Gasteiger partial charge < -0.3 is 9.67 Å². The first-order chi connectivity index (χ1) is 13.7. The summed E-state index contributed by atoms with van der Waals surface area (Å²) in [6, 6.07) is 12.9.